The van der Waals surface area contributed by atoms with Crippen LogP contribution in [0.2, 0.25) is 5.02 Å². The van der Waals surface area contributed by atoms with Crippen molar-refractivity contribution in [2.24, 2.45) is 0 Å². The van der Waals surface area contributed by atoms with Crippen molar-refractivity contribution in [3.8, 4) is 5.75 Å². The molecule has 0 aliphatic carbocycles. The molecule has 5 heteroatoms. The molecular weight excluding hydrogens is 324 g/mol. The molecule has 0 aromatic heterocycles. The van der Waals surface area contributed by atoms with E-state index in [9.17, 15) is 4.79 Å². The van der Waals surface area contributed by atoms with E-state index in [1.807, 2.05) is 4.90 Å². The fourth-order valence-corrected chi connectivity index (χ4v) is 3.18. The van der Waals surface area contributed by atoms with E-state index in [0.29, 0.717) is 29.4 Å². The van der Waals surface area contributed by atoms with Crippen LogP contribution in [0.1, 0.15) is 15.9 Å². The van der Waals surface area contributed by atoms with Crippen LogP contribution in [0.25, 0.3) is 0 Å². The molecule has 0 N–H and O–H groups in total. The number of hydrogen-bond donors (Lipinski definition) is 0. The molecular formula is C19H21ClN2O2. The zero-order chi connectivity index (χ0) is 17.1. The molecule has 0 atom stereocenters. The Morgan fingerprint density at radius 1 is 1.08 bits per heavy atom. The summed E-state index contributed by atoms with van der Waals surface area (Å²) in [7, 11) is 1.57. The maximum Gasteiger partial charge on any atom is 0.257 e. The second-order valence-electron chi connectivity index (χ2n) is 5.96. The first-order chi connectivity index (χ1) is 11.6. The van der Waals surface area contributed by atoms with Crippen LogP contribution >= 0.6 is 11.6 Å². The molecule has 1 aliphatic heterocycles. The van der Waals surface area contributed by atoms with Gasteiger partial charge in [-0.3, -0.25) is 4.79 Å². The van der Waals surface area contributed by atoms with Gasteiger partial charge in [-0.25, -0.2) is 0 Å². The zero-order valence-corrected chi connectivity index (χ0v) is 14.7. The molecule has 1 fully saturated rings. The van der Waals surface area contributed by atoms with Gasteiger partial charge >= 0.3 is 0 Å². The lowest BCUT2D eigenvalue weighted by atomic mass is 10.1. The monoisotopic (exact) mass is 344 g/mol. The molecule has 0 spiro atoms. The number of amides is 1. The Balaban J connectivity index is 1.70. The van der Waals surface area contributed by atoms with Crippen molar-refractivity contribution in [1.29, 1.82) is 0 Å². The number of carbonyl (C=O) groups is 1. The van der Waals surface area contributed by atoms with Gasteiger partial charge < -0.3 is 14.5 Å². The van der Waals surface area contributed by atoms with Crippen LogP contribution < -0.4 is 9.64 Å². The summed E-state index contributed by atoms with van der Waals surface area (Å²) in [6.07, 6.45) is 0. The van der Waals surface area contributed by atoms with Gasteiger partial charge in [0.1, 0.15) is 5.75 Å². The lowest BCUT2D eigenvalue weighted by Gasteiger charge is -2.36. The maximum absolute atomic E-state index is 12.8. The van der Waals surface area contributed by atoms with Gasteiger partial charge in [-0.1, -0.05) is 23.7 Å². The Hall–Kier alpha value is -2.20. The molecule has 0 saturated carbocycles. The number of ether oxygens (including phenoxy) is 1. The number of hydrogen-bond acceptors (Lipinski definition) is 3. The topological polar surface area (TPSA) is 32.8 Å². The number of benzene rings is 2. The fraction of sp³-hybridized carbons (Fsp3) is 0.316. The van der Waals surface area contributed by atoms with E-state index in [2.05, 4.69) is 36.1 Å². The van der Waals surface area contributed by atoms with Crippen molar-refractivity contribution in [1.82, 2.24) is 4.90 Å². The number of carbonyl (C=O) groups excluding carboxylic acids is 1. The summed E-state index contributed by atoms with van der Waals surface area (Å²) >= 11 is 6.04. The van der Waals surface area contributed by atoms with Gasteiger partial charge in [0.2, 0.25) is 0 Å². The van der Waals surface area contributed by atoms with Crippen LogP contribution in [0.3, 0.4) is 0 Å². The molecule has 2 aromatic carbocycles. The van der Waals surface area contributed by atoms with Crippen molar-refractivity contribution < 1.29 is 9.53 Å². The second-order valence-corrected chi connectivity index (χ2v) is 6.40. The smallest absolute Gasteiger partial charge is 0.257 e. The average molecular weight is 345 g/mol. The van der Waals surface area contributed by atoms with Crippen LogP contribution in [0.5, 0.6) is 5.75 Å². The molecule has 3 rings (SSSR count). The summed E-state index contributed by atoms with van der Waals surface area (Å²) in [6, 6.07) is 13.6. The molecule has 24 heavy (non-hydrogen) atoms. The highest BCUT2D eigenvalue weighted by molar-refractivity contribution is 6.31. The Labute approximate surface area is 147 Å². The van der Waals surface area contributed by atoms with Gasteiger partial charge in [-0.05, 0) is 42.8 Å². The quantitative estimate of drug-likeness (QED) is 0.852. The standard InChI is InChI=1S/C19H21ClN2O2/c1-14-4-3-5-16(12-14)21-8-10-22(11-9-21)19(23)17-13-15(20)6-7-18(17)24-2/h3-7,12-13H,8-11H2,1-2H3. The predicted octanol–water partition coefficient (Wildman–Crippen LogP) is 3.62. The van der Waals surface area contributed by atoms with Gasteiger partial charge in [0.05, 0.1) is 12.7 Å². The summed E-state index contributed by atoms with van der Waals surface area (Å²) < 4.78 is 5.30. The predicted molar refractivity (Wildman–Crippen MR) is 97.3 cm³/mol. The van der Waals surface area contributed by atoms with Gasteiger partial charge in [-0.15, -0.1) is 0 Å². The Kier molecular flexibility index (Phi) is 4.95. The Bertz CT molecular complexity index is 740. The minimum absolute atomic E-state index is 0.0294. The molecule has 0 radical (unpaired) electrons. The summed E-state index contributed by atoms with van der Waals surface area (Å²) in [6.45, 7) is 5.09. The largest absolute Gasteiger partial charge is 0.496 e. The van der Waals surface area contributed by atoms with Crippen molar-refractivity contribution in [3.63, 3.8) is 0 Å². The molecule has 4 nitrogen and oxygen atoms in total. The third kappa shape index (κ3) is 3.49. The van der Waals surface area contributed by atoms with Crippen LogP contribution in [0.15, 0.2) is 42.5 Å². The van der Waals surface area contributed by atoms with Crippen molar-refractivity contribution in [2.75, 3.05) is 38.2 Å². The minimum Gasteiger partial charge on any atom is -0.496 e. The van der Waals surface area contributed by atoms with Gasteiger partial charge in [-0.2, -0.15) is 0 Å². The van der Waals surface area contributed by atoms with Crippen LogP contribution in [0, 0.1) is 6.92 Å². The number of methoxy groups -OCH3 is 1. The summed E-state index contributed by atoms with van der Waals surface area (Å²) in [5, 5.41) is 0.539. The van der Waals surface area contributed by atoms with Crippen LogP contribution in [0.4, 0.5) is 5.69 Å². The van der Waals surface area contributed by atoms with E-state index in [-0.39, 0.29) is 5.91 Å². The van der Waals surface area contributed by atoms with E-state index in [4.69, 9.17) is 16.3 Å². The first-order valence-electron chi connectivity index (χ1n) is 8.03. The molecule has 2 aromatic rings. The third-order valence-electron chi connectivity index (χ3n) is 4.33. The third-order valence-corrected chi connectivity index (χ3v) is 4.56. The van der Waals surface area contributed by atoms with E-state index in [0.717, 1.165) is 13.1 Å². The summed E-state index contributed by atoms with van der Waals surface area (Å²) in [5.74, 6) is 0.531. The molecule has 1 heterocycles. The molecule has 1 amide bonds. The lowest BCUT2D eigenvalue weighted by Crippen LogP contribution is -2.48. The highest BCUT2D eigenvalue weighted by Crippen LogP contribution is 2.25. The molecule has 126 valence electrons. The zero-order valence-electron chi connectivity index (χ0n) is 14.0. The van der Waals surface area contributed by atoms with Gasteiger partial charge in [0.15, 0.2) is 0 Å². The normalized spacial score (nSPS) is 14.6. The maximum atomic E-state index is 12.8. The van der Waals surface area contributed by atoms with E-state index in [1.165, 1.54) is 11.3 Å². The molecule has 0 bridgehead atoms. The first-order valence-corrected chi connectivity index (χ1v) is 8.40. The number of halogens is 1. The number of rotatable bonds is 3. The van der Waals surface area contributed by atoms with Crippen molar-refractivity contribution in [3.05, 3.63) is 58.6 Å². The molecule has 1 saturated heterocycles. The van der Waals surface area contributed by atoms with Gasteiger partial charge in [0, 0.05) is 36.9 Å². The minimum atomic E-state index is -0.0294. The fourth-order valence-electron chi connectivity index (χ4n) is 3.01. The molecule has 0 unspecified atom stereocenters. The van der Waals surface area contributed by atoms with E-state index in [1.54, 1.807) is 25.3 Å². The van der Waals surface area contributed by atoms with E-state index >= 15 is 0 Å². The Morgan fingerprint density at radius 2 is 1.83 bits per heavy atom. The first kappa shape index (κ1) is 16.7. The SMILES string of the molecule is COc1ccc(Cl)cc1C(=O)N1CCN(c2cccc(C)c2)CC1. The molecule has 1 aliphatic rings. The average Bonchev–Trinajstić information content (AvgIpc) is 2.61. The number of anilines is 1. The van der Waals surface area contributed by atoms with E-state index < -0.39 is 0 Å². The van der Waals surface area contributed by atoms with Crippen LogP contribution in [-0.4, -0.2) is 44.1 Å². The number of piperazine rings is 1. The van der Waals surface area contributed by atoms with Crippen molar-refractivity contribution >= 4 is 23.2 Å². The van der Waals surface area contributed by atoms with Crippen LogP contribution in [-0.2, 0) is 0 Å². The van der Waals surface area contributed by atoms with Gasteiger partial charge in [0.25, 0.3) is 5.91 Å². The second kappa shape index (κ2) is 7.14. The Morgan fingerprint density at radius 3 is 2.50 bits per heavy atom. The highest BCUT2D eigenvalue weighted by atomic mass is 35.5. The summed E-state index contributed by atoms with van der Waals surface area (Å²) in [5.41, 5.74) is 2.98. The van der Waals surface area contributed by atoms with Crippen molar-refractivity contribution in [2.45, 2.75) is 6.92 Å². The lowest BCUT2D eigenvalue weighted by molar-refractivity contribution is 0.0743. The summed E-state index contributed by atoms with van der Waals surface area (Å²) in [4.78, 5) is 17.0. The highest BCUT2D eigenvalue weighted by Gasteiger charge is 2.24. The number of nitrogens with zero attached hydrogens (tertiary/aromatic N) is 2. The number of aryl methyl sites for hydroxylation is 1.